The lowest BCUT2D eigenvalue weighted by molar-refractivity contribution is 0.397. The Hall–Kier alpha value is -1.46. The molecule has 0 saturated carbocycles. The number of pyridine rings is 1. The molecule has 2 aromatic heterocycles. The summed E-state index contributed by atoms with van der Waals surface area (Å²) in [5, 5.41) is 6.57. The van der Waals surface area contributed by atoms with Gasteiger partial charge in [-0.15, -0.1) is 11.3 Å². The van der Waals surface area contributed by atoms with Crippen LogP contribution in [0.25, 0.3) is 0 Å². The van der Waals surface area contributed by atoms with E-state index < -0.39 is 0 Å². The van der Waals surface area contributed by atoms with Gasteiger partial charge in [-0.3, -0.25) is 0 Å². The molecule has 2 aromatic rings. The maximum atomic E-state index is 5.07. The zero-order valence-corrected chi connectivity index (χ0v) is 11.6. The average molecular weight is 263 g/mol. The number of hydrogen-bond acceptors (Lipinski definition) is 5. The topological polar surface area (TPSA) is 47.0 Å². The lowest BCUT2D eigenvalue weighted by Crippen LogP contribution is -2.22. The fourth-order valence-electron chi connectivity index (χ4n) is 1.74. The van der Waals surface area contributed by atoms with Crippen molar-refractivity contribution in [1.82, 2.24) is 15.3 Å². The predicted molar refractivity (Wildman–Crippen MR) is 73.2 cm³/mol. The molecule has 0 aliphatic rings. The van der Waals surface area contributed by atoms with E-state index in [0.29, 0.717) is 5.88 Å². The van der Waals surface area contributed by atoms with Crippen LogP contribution in [0.1, 0.15) is 29.2 Å². The van der Waals surface area contributed by atoms with Crippen LogP contribution in [0.5, 0.6) is 5.88 Å². The Morgan fingerprint density at radius 2 is 2.28 bits per heavy atom. The molecule has 0 aromatic carbocycles. The van der Waals surface area contributed by atoms with Crippen molar-refractivity contribution in [2.24, 2.45) is 0 Å². The highest BCUT2D eigenvalue weighted by Gasteiger charge is 2.16. The number of aromatic nitrogens is 2. The first kappa shape index (κ1) is 13.0. The molecule has 1 atom stereocenters. The number of nitrogens with zero attached hydrogens (tertiary/aromatic N) is 2. The van der Waals surface area contributed by atoms with Crippen LogP contribution in [-0.4, -0.2) is 23.6 Å². The summed E-state index contributed by atoms with van der Waals surface area (Å²) in [7, 11) is 1.62. The third-order valence-electron chi connectivity index (χ3n) is 2.59. The normalized spacial score (nSPS) is 12.4. The van der Waals surface area contributed by atoms with Gasteiger partial charge in [-0.2, -0.15) is 0 Å². The van der Waals surface area contributed by atoms with Crippen LogP contribution in [0.2, 0.25) is 0 Å². The molecule has 5 heteroatoms. The van der Waals surface area contributed by atoms with Crippen molar-refractivity contribution in [3.8, 4) is 5.88 Å². The highest BCUT2D eigenvalue weighted by molar-refractivity contribution is 7.09. The third-order valence-corrected chi connectivity index (χ3v) is 3.62. The first-order valence-corrected chi connectivity index (χ1v) is 6.78. The predicted octanol–water partition coefficient (Wildman–Crippen LogP) is 2.55. The lowest BCUT2D eigenvalue weighted by atomic mass is 10.1. The molecule has 0 aliphatic heterocycles. The Morgan fingerprint density at radius 1 is 1.44 bits per heavy atom. The van der Waals surface area contributed by atoms with Gasteiger partial charge in [0.2, 0.25) is 5.88 Å². The van der Waals surface area contributed by atoms with E-state index >= 15 is 0 Å². The molecule has 2 heterocycles. The van der Waals surface area contributed by atoms with Crippen LogP contribution in [0.3, 0.4) is 0 Å². The second-order valence-corrected chi connectivity index (χ2v) is 4.84. The quantitative estimate of drug-likeness (QED) is 0.900. The van der Waals surface area contributed by atoms with E-state index in [1.165, 1.54) is 0 Å². The summed E-state index contributed by atoms with van der Waals surface area (Å²) in [5.74, 6) is 0.629. The summed E-state index contributed by atoms with van der Waals surface area (Å²) in [5.41, 5.74) is 2.16. The van der Waals surface area contributed by atoms with Crippen LogP contribution >= 0.6 is 11.3 Å². The van der Waals surface area contributed by atoms with Gasteiger partial charge in [-0.05, 0) is 19.0 Å². The zero-order chi connectivity index (χ0) is 13.0. The number of aryl methyl sites for hydroxylation is 1. The molecular formula is C13H17N3OS. The number of ether oxygens (including phenoxy) is 1. The SMILES string of the molecule is CCNC(c1ccc(OC)nc1)c1nc(C)cs1. The molecule has 0 radical (unpaired) electrons. The minimum Gasteiger partial charge on any atom is -0.481 e. The molecular weight excluding hydrogens is 246 g/mol. The van der Waals surface area contributed by atoms with Gasteiger partial charge in [0.25, 0.3) is 0 Å². The Bertz CT molecular complexity index is 495. The van der Waals surface area contributed by atoms with Crippen molar-refractivity contribution in [2.75, 3.05) is 13.7 Å². The Morgan fingerprint density at radius 3 is 2.78 bits per heavy atom. The first-order chi connectivity index (χ1) is 8.74. The van der Waals surface area contributed by atoms with Gasteiger partial charge < -0.3 is 10.1 Å². The smallest absolute Gasteiger partial charge is 0.212 e. The highest BCUT2D eigenvalue weighted by atomic mass is 32.1. The minimum absolute atomic E-state index is 0.104. The van der Waals surface area contributed by atoms with E-state index in [1.54, 1.807) is 18.4 Å². The fourth-order valence-corrected chi connectivity index (χ4v) is 2.64. The number of nitrogens with one attached hydrogen (secondary N) is 1. The molecule has 0 aliphatic carbocycles. The summed E-state index contributed by atoms with van der Waals surface area (Å²) in [6, 6.07) is 4.00. The number of thiazole rings is 1. The van der Waals surface area contributed by atoms with Crippen molar-refractivity contribution >= 4 is 11.3 Å². The van der Waals surface area contributed by atoms with Gasteiger partial charge in [-0.1, -0.05) is 13.0 Å². The molecule has 0 fully saturated rings. The van der Waals surface area contributed by atoms with Crippen LogP contribution in [0, 0.1) is 6.92 Å². The molecule has 0 spiro atoms. The van der Waals surface area contributed by atoms with Crippen LogP contribution in [0.15, 0.2) is 23.7 Å². The van der Waals surface area contributed by atoms with Gasteiger partial charge in [0.15, 0.2) is 0 Å². The highest BCUT2D eigenvalue weighted by Crippen LogP contribution is 2.25. The summed E-state index contributed by atoms with van der Waals surface area (Å²) < 4.78 is 5.07. The molecule has 18 heavy (non-hydrogen) atoms. The number of rotatable bonds is 5. The van der Waals surface area contributed by atoms with E-state index in [1.807, 2.05) is 25.3 Å². The van der Waals surface area contributed by atoms with E-state index in [2.05, 4.69) is 27.6 Å². The van der Waals surface area contributed by atoms with E-state index in [0.717, 1.165) is 22.8 Å². The van der Waals surface area contributed by atoms with Gasteiger partial charge in [0, 0.05) is 23.3 Å². The summed E-state index contributed by atoms with van der Waals surface area (Å²) >= 11 is 1.67. The Balaban J connectivity index is 2.28. The van der Waals surface area contributed by atoms with Crippen molar-refractivity contribution in [3.63, 3.8) is 0 Å². The van der Waals surface area contributed by atoms with Crippen LogP contribution < -0.4 is 10.1 Å². The van der Waals surface area contributed by atoms with Crippen molar-refractivity contribution in [1.29, 1.82) is 0 Å². The van der Waals surface area contributed by atoms with Crippen molar-refractivity contribution in [3.05, 3.63) is 40.0 Å². The molecule has 1 unspecified atom stereocenters. The van der Waals surface area contributed by atoms with Gasteiger partial charge in [-0.25, -0.2) is 9.97 Å². The molecule has 0 bridgehead atoms. The van der Waals surface area contributed by atoms with Crippen molar-refractivity contribution < 1.29 is 4.74 Å². The maximum Gasteiger partial charge on any atom is 0.212 e. The molecule has 0 amide bonds. The summed E-state index contributed by atoms with van der Waals surface area (Å²) in [4.78, 5) is 8.79. The van der Waals surface area contributed by atoms with Crippen LogP contribution in [-0.2, 0) is 0 Å². The molecule has 2 rings (SSSR count). The molecule has 4 nitrogen and oxygen atoms in total. The maximum absolute atomic E-state index is 5.07. The van der Waals surface area contributed by atoms with E-state index in [9.17, 15) is 0 Å². The second kappa shape index (κ2) is 5.93. The Labute approximate surface area is 111 Å². The number of methoxy groups -OCH3 is 1. The molecule has 1 N–H and O–H groups in total. The Kier molecular flexibility index (Phi) is 4.28. The van der Waals surface area contributed by atoms with Gasteiger partial charge >= 0.3 is 0 Å². The second-order valence-electron chi connectivity index (χ2n) is 3.95. The largest absolute Gasteiger partial charge is 0.481 e. The third kappa shape index (κ3) is 2.86. The average Bonchev–Trinajstić information content (AvgIpc) is 2.82. The lowest BCUT2D eigenvalue weighted by Gasteiger charge is -2.15. The van der Waals surface area contributed by atoms with Crippen LogP contribution in [0.4, 0.5) is 0 Å². The standard InChI is InChI=1S/C13H17N3OS/c1-4-14-12(13-16-9(2)8-18-13)10-5-6-11(17-3)15-7-10/h5-8,12,14H,4H2,1-3H3. The van der Waals surface area contributed by atoms with E-state index in [4.69, 9.17) is 4.74 Å². The number of hydrogen-bond donors (Lipinski definition) is 1. The monoisotopic (exact) mass is 263 g/mol. The zero-order valence-electron chi connectivity index (χ0n) is 10.8. The van der Waals surface area contributed by atoms with E-state index in [-0.39, 0.29) is 6.04 Å². The van der Waals surface area contributed by atoms with Gasteiger partial charge in [0.05, 0.1) is 13.2 Å². The molecule has 0 saturated heterocycles. The summed E-state index contributed by atoms with van der Waals surface area (Å²) in [6.45, 7) is 4.98. The summed E-state index contributed by atoms with van der Waals surface area (Å²) in [6.07, 6.45) is 1.84. The van der Waals surface area contributed by atoms with Crippen molar-refractivity contribution in [2.45, 2.75) is 19.9 Å². The fraction of sp³-hybridized carbons (Fsp3) is 0.385. The van der Waals surface area contributed by atoms with Gasteiger partial charge in [0.1, 0.15) is 5.01 Å². The minimum atomic E-state index is 0.104. The first-order valence-electron chi connectivity index (χ1n) is 5.90. The molecule has 96 valence electrons.